The van der Waals surface area contributed by atoms with E-state index < -0.39 is 92.1 Å². The van der Waals surface area contributed by atoms with Crippen LogP contribution in [0.1, 0.15) is 25.1 Å². The van der Waals surface area contributed by atoms with E-state index in [9.17, 15) is 54.3 Å². The van der Waals surface area contributed by atoms with Gasteiger partial charge in [-0.2, -0.15) is 5.10 Å². The van der Waals surface area contributed by atoms with Gasteiger partial charge in [0.05, 0.1) is 18.1 Å². The number of phenols is 2. The smallest absolute Gasteiger partial charge is 0.357 e. The molecule has 3 saturated heterocycles. The van der Waals surface area contributed by atoms with Crippen molar-refractivity contribution in [3.63, 3.8) is 0 Å². The van der Waals surface area contributed by atoms with Crippen molar-refractivity contribution in [1.82, 2.24) is 25.1 Å². The van der Waals surface area contributed by atoms with E-state index in [1.165, 1.54) is 19.2 Å². The first-order valence-electron chi connectivity index (χ1n) is 13.7. The maximum Gasteiger partial charge on any atom is 0.357 e. The van der Waals surface area contributed by atoms with Crippen LogP contribution >= 0.6 is 34.7 Å². The van der Waals surface area contributed by atoms with Crippen molar-refractivity contribution >= 4 is 87.0 Å². The number of halogens is 1. The minimum Gasteiger partial charge on any atom is -0.504 e. The lowest BCUT2D eigenvalue weighted by molar-refractivity contribution is -0.161. The van der Waals surface area contributed by atoms with Gasteiger partial charge in [0.15, 0.2) is 28.1 Å². The molecule has 3 aliphatic heterocycles. The van der Waals surface area contributed by atoms with Crippen LogP contribution in [0.15, 0.2) is 27.8 Å². The summed E-state index contributed by atoms with van der Waals surface area (Å²) in [5.74, 6) is -7.74. The molecule has 4 amide bonds. The highest BCUT2D eigenvalue weighted by Gasteiger charge is 2.66. The Labute approximate surface area is 287 Å². The van der Waals surface area contributed by atoms with Gasteiger partial charge in [-0.1, -0.05) is 28.5 Å². The average Bonchev–Trinajstić information content (AvgIpc) is 3.73. The summed E-state index contributed by atoms with van der Waals surface area (Å²) in [7, 11) is 0. The zero-order chi connectivity index (χ0) is 36.2. The Morgan fingerprint density at radius 1 is 1.14 bits per heavy atom. The van der Waals surface area contributed by atoms with Gasteiger partial charge < -0.3 is 46.3 Å². The highest BCUT2D eigenvalue weighted by Crippen LogP contribution is 2.49. The minimum absolute atomic E-state index is 0.0462. The number of aromatic nitrogens is 1. The van der Waals surface area contributed by atoms with Crippen LogP contribution in [-0.4, -0.2) is 134 Å². The minimum atomic E-state index is -2.09. The van der Waals surface area contributed by atoms with Gasteiger partial charge in [-0.15, -0.1) is 11.3 Å². The first-order valence-corrected chi connectivity index (χ1v) is 15.9. The Bertz CT molecular complexity index is 1870. The number of hydrazone groups is 1. The van der Waals surface area contributed by atoms with Gasteiger partial charge in [0, 0.05) is 17.5 Å². The van der Waals surface area contributed by atoms with Crippen LogP contribution in [0.4, 0.5) is 9.93 Å². The Morgan fingerprint density at radius 2 is 1.84 bits per heavy atom. The van der Waals surface area contributed by atoms with Crippen LogP contribution in [0.3, 0.4) is 0 Å². The number of nitrogen functional groups attached to an aromatic ring is 1. The topological polar surface area (TPSA) is 298 Å². The van der Waals surface area contributed by atoms with E-state index in [1.807, 2.05) is 0 Å². The monoisotopic (exact) mass is 740 g/mol. The van der Waals surface area contributed by atoms with Gasteiger partial charge in [-0.3, -0.25) is 14.5 Å². The lowest BCUT2D eigenvalue weighted by atomic mass is 10.1. The second-order valence-electron chi connectivity index (χ2n) is 11.0. The number of thiazole rings is 1. The number of urea groups is 1. The molecule has 49 heavy (non-hydrogen) atoms. The summed E-state index contributed by atoms with van der Waals surface area (Å²) in [5, 5.41) is 59.6. The van der Waals surface area contributed by atoms with Gasteiger partial charge in [-0.25, -0.2) is 29.2 Å². The fourth-order valence-electron chi connectivity index (χ4n) is 4.84. The number of hydrogen-bond acceptors (Lipinski definition) is 15. The molecule has 3 atom stereocenters. The second-order valence-corrected chi connectivity index (χ2v) is 13.7. The summed E-state index contributed by atoms with van der Waals surface area (Å²) in [6.07, 6.45) is 0. The number of anilines is 1. The summed E-state index contributed by atoms with van der Waals surface area (Å²) < 4.78 is 0. The molecule has 2 aromatic rings. The number of carboxylic acid groups (broad SMARTS) is 3. The number of hydrogen-bond donors (Lipinski definition) is 7. The van der Waals surface area contributed by atoms with Crippen LogP contribution < -0.4 is 11.1 Å². The number of carbonyl (C=O) groups is 6. The Balaban J connectivity index is 1.37. The van der Waals surface area contributed by atoms with Crippen LogP contribution in [0, 0.1) is 0 Å². The van der Waals surface area contributed by atoms with E-state index in [0.29, 0.717) is 16.8 Å². The van der Waals surface area contributed by atoms with Gasteiger partial charge in [0.1, 0.15) is 17.1 Å². The summed E-state index contributed by atoms with van der Waals surface area (Å²) >= 11 is 7.62. The number of benzene rings is 1. The molecule has 4 heterocycles. The summed E-state index contributed by atoms with van der Waals surface area (Å²) in [5.41, 5.74) is 2.08. The number of carbonyl (C=O) groups excluding carboxylic acids is 3. The van der Waals surface area contributed by atoms with E-state index in [4.69, 9.17) is 22.2 Å². The predicted octanol–water partition coefficient (Wildman–Crippen LogP) is -0.219. The molecule has 0 saturated carbocycles. The fraction of sp³-hybridized carbons (Fsp3) is 0.346. The molecule has 1 aromatic carbocycles. The molecule has 0 radical (unpaired) electrons. The molecule has 20 nitrogen and oxygen atoms in total. The normalized spacial score (nSPS) is 22.6. The van der Waals surface area contributed by atoms with Crippen LogP contribution in [-0.2, 0) is 28.8 Å². The fourth-order valence-corrected chi connectivity index (χ4v) is 7.27. The highest BCUT2D eigenvalue weighted by molar-refractivity contribution is 8.02. The number of nitrogens with zero attached hydrogens (tertiary/aromatic N) is 6. The molecule has 1 unspecified atom stereocenters. The van der Waals surface area contributed by atoms with Crippen LogP contribution in [0.5, 0.6) is 11.5 Å². The number of thioether (sulfide) groups is 1. The lowest BCUT2D eigenvalue weighted by Crippen LogP contribution is -2.68. The number of amides is 4. The van der Waals surface area contributed by atoms with Gasteiger partial charge >= 0.3 is 23.9 Å². The number of carboxylic acids is 3. The second kappa shape index (κ2) is 12.6. The van der Waals surface area contributed by atoms with Crippen molar-refractivity contribution in [2.45, 2.75) is 35.7 Å². The van der Waals surface area contributed by atoms with Crippen molar-refractivity contribution in [2.75, 3.05) is 25.4 Å². The van der Waals surface area contributed by atoms with E-state index in [-0.39, 0.29) is 29.5 Å². The molecule has 3 aliphatic rings. The molecular weight excluding hydrogens is 716 g/mol. The molecule has 1 aromatic heterocycles. The first kappa shape index (κ1) is 35.0. The van der Waals surface area contributed by atoms with Crippen LogP contribution in [0.2, 0.25) is 5.02 Å². The molecule has 0 bridgehead atoms. The largest absolute Gasteiger partial charge is 0.504 e. The Hall–Kier alpha value is -5.35. The molecule has 3 fully saturated rings. The SMILES string of the molecule is CC(C)(O/N=C(\C(=O)NC1C(=O)N2C[C@@](C(=O)O)(N3CCN(/N=C(\C(=O)O)c4ccc(O)c(O)c4Cl)C3=O)S[C@H]12)c1csc(N)n1)C(=O)O. The molecule has 8 N–H and O–H groups in total. The highest BCUT2D eigenvalue weighted by atomic mass is 35.5. The van der Waals surface area contributed by atoms with Crippen molar-refractivity contribution in [3.05, 3.63) is 33.8 Å². The number of fused-ring (bicyclic) bond motifs is 1. The maximum atomic E-state index is 13.5. The van der Waals surface area contributed by atoms with Gasteiger partial charge in [0.2, 0.25) is 16.4 Å². The summed E-state index contributed by atoms with van der Waals surface area (Å²) in [6, 6.07) is -0.333. The zero-order valence-corrected chi connectivity index (χ0v) is 27.4. The number of aromatic hydroxyl groups is 2. The summed E-state index contributed by atoms with van der Waals surface area (Å²) in [4.78, 5) is 85.3. The average molecular weight is 741 g/mol. The van der Waals surface area contributed by atoms with E-state index >= 15 is 0 Å². The molecular formula is C26H25ClN8O12S2. The van der Waals surface area contributed by atoms with Crippen molar-refractivity contribution in [2.24, 2.45) is 10.3 Å². The standard InChI is InChI=1S/C26H25ClN8O12S2/c1-25(2,21(42)43)47-32-14(10-7-48-23(28)29-10)17(38)30-15-18(39)33-8-26(22(44)45,49-19(15)33)34-5-6-35(24(34)46)31-13(20(40)41)9-3-4-11(36)16(37)12(9)27/h3-4,7,15,19,36-37H,5-6,8H2,1-2H3,(H2,28,29)(H,30,38)(H,40,41)(H,42,43)(H,44,45)/b31-13-,32-14-/t15?,19-,26-/m1/s1. The van der Waals surface area contributed by atoms with E-state index in [0.717, 1.165) is 33.3 Å². The number of nitrogens with one attached hydrogen (secondary N) is 1. The first-order chi connectivity index (χ1) is 22.9. The Kier molecular flexibility index (Phi) is 8.99. The van der Waals surface area contributed by atoms with Gasteiger partial charge in [-0.05, 0) is 26.0 Å². The third kappa shape index (κ3) is 6.08. The number of nitrogens with two attached hydrogens (primary N) is 1. The van der Waals surface area contributed by atoms with Crippen molar-refractivity contribution in [3.8, 4) is 11.5 Å². The number of β-lactam (4-membered cyclic amide) rings is 1. The predicted molar refractivity (Wildman–Crippen MR) is 169 cm³/mol. The number of aliphatic carboxylic acids is 3. The lowest BCUT2D eigenvalue weighted by Gasteiger charge is -2.41. The molecule has 23 heteroatoms. The summed E-state index contributed by atoms with van der Waals surface area (Å²) in [6.45, 7) is 1.30. The third-order valence-electron chi connectivity index (χ3n) is 7.52. The quantitative estimate of drug-likeness (QED) is 0.0678. The van der Waals surface area contributed by atoms with Crippen molar-refractivity contribution in [1.29, 1.82) is 0 Å². The molecule has 5 rings (SSSR count). The molecule has 0 spiro atoms. The van der Waals surface area contributed by atoms with Gasteiger partial charge in [0.25, 0.3) is 5.91 Å². The zero-order valence-electron chi connectivity index (χ0n) is 25.1. The number of oxime groups is 1. The molecule has 260 valence electrons. The van der Waals surface area contributed by atoms with E-state index in [2.05, 4.69) is 20.6 Å². The van der Waals surface area contributed by atoms with Crippen molar-refractivity contribution < 1.29 is 59.1 Å². The number of phenolic OH excluding ortho intramolecular Hbond substituents is 2. The number of rotatable bonds is 11. The third-order valence-corrected chi connectivity index (χ3v) is 10.3. The van der Waals surface area contributed by atoms with Crippen LogP contribution in [0.25, 0.3) is 0 Å². The molecule has 0 aliphatic carbocycles. The Morgan fingerprint density at radius 3 is 2.43 bits per heavy atom. The van der Waals surface area contributed by atoms with E-state index in [1.54, 1.807) is 0 Å². The maximum absolute atomic E-state index is 13.5.